The molecular weight excluding hydrogens is 254 g/mol. The van der Waals surface area contributed by atoms with Crippen molar-refractivity contribution >= 4 is 11.0 Å². The second-order valence-electron chi connectivity index (χ2n) is 4.93. The number of rotatable bonds is 8. The molecule has 0 aliphatic heterocycles. The van der Waals surface area contributed by atoms with Gasteiger partial charge in [-0.3, -0.25) is 0 Å². The Morgan fingerprint density at radius 3 is 2.80 bits per heavy atom. The third kappa shape index (κ3) is 3.79. The van der Waals surface area contributed by atoms with E-state index in [4.69, 9.17) is 15.2 Å². The van der Waals surface area contributed by atoms with Crippen LogP contribution in [0.25, 0.3) is 11.0 Å². The van der Waals surface area contributed by atoms with E-state index in [-0.39, 0.29) is 6.04 Å². The van der Waals surface area contributed by atoms with Gasteiger partial charge in [0.15, 0.2) is 0 Å². The Morgan fingerprint density at radius 1 is 1.25 bits per heavy atom. The van der Waals surface area contributed by atoms with Crippen LogP contribution in [0.4, 0.5) is 0 Å². The van der Waals surface area contributed by atoms with E-state index < -0.39 is 0 Å². The Labute approximate surface area is 119 Å². The zero-order valence-electron chi connectivity index (χ0n) is 12.2. The smallest absolute Gasteiger partial charge is 0.111 e. The van der Waals surface area contributed by atoms with Crippen LogP contribution < -0.4 is 5.73 Å². The molecule has 0 aliphatic rings. The second kappa shape index (κ2) is 7.38. The lowest BCUT2D eigenvalue weighted by Gasteiger charge is -2.11. The van der Waals surface area contributed by atoms with Crippen LogP contribution in [-0.2, 0) is 22.9 Å². The molecule has 0 saturated carbocycles. The van der Waals surface area contributed by atoms with Gasteiger partial charge in [0, 0.05) is 33.2 Å². The predicted octanol–water partition coefficient (Wildman–Crippen LogP) is 1.50. The van der Waals surface area contributed by atoms with Crippen molar-refractivity contribution in [2.75, 3.05) is 26.9 Å². The first-order valence-electron chi connectivity index (χ1n) is 6.95. The Hall–Kier alpha value is -1.43. The van der Waals surface area contributed by atoms with E-state index >= 15 is 0 Å². The molecule has 20 heavy (non-hydrogen) atoms. The van der Waals surface area contributed by atoms with Gasteiger partial charge in [0.1, 0.15) is 5.82 Å². The molecule has 1 atom stereocenters. The van der Waals surface area contributed by atoms with E-state index in [9.17, 15) is 0 Å². The van der Waals surface area contributed by atoms with Crippen LogP contribution in [0.3, 0.4) is 0 Å². The summed E-state index contributed by atoms with van der Waals surface area (Å²) in [6.45, 7) is 1.91. The molecule has 0 radical (unpaired) electrons. The summed E-state index contributed by atoms with van der Waals surface area (Å²) in [6.07, 6.45) is 1.59. The standard InChI is InChI=1S/C15H23N3O2/c1-18-14-6-4-3-5-13(14)17-15(18)11-12(16)7-8-20-10-9-19-2/h3-6,12H,7-11,16H2,1-2H3. The number of fused-ring (bicyclic) bond motifs is 1. The summed E-state index contributed by atoms with van der Waals surface area (Å²) in [6, 6.07) is 8.19. The molecule has 110 valence electrons. The molecule has 0 fully saturated rings. The third-order valence-corrected chi connectivity index (χ3v) is 3.39. The summed E-state index contributed by atoms with van der Waals surface area (Å²) in [5.74, 6) is 1.02. The number of benzene rings is 1. The lowest BCUT2D eigenvalue weighted by molar-refractivity contribution is 0.0671. The Balaban J connectivity index is 1.86. The zero-order chi connectivity index (χ0) is 14.4. The highest BCUT2D eigenvalue weighted by Gasteiger charge is 2.11. The van der Waals surface area contributed by atoms with Crippen LogP contribution in [0.15, 0.2) is 24.3 Å². The molecule has 1 aromatic heterocycles. The van der Waals surface area contributed by atoms with E-state index in [1.165, 1.54) is 0 Å². The highest BCUT2D eigenvalue weighted by atomic mass is 16.5. The number of para-hydroxylation sites is 2. The molecule has 0 saturated heterocycles. The number of aromatic nitrogens is 2. The molecule has 2 rings (SSSR count). The highest BCUT2D eigenvalue weighted by molar-refractivity contribution is 5.75. The monoisotopic (exact) mass is 277 g/mol. The van der Waals surface area contributed by atoms with Crippen molar-refractivity contribution in [2.24, 2.45) is 12.8 Å². The van der Waals surface area contributed by atoms with Gasteiger partial charge in [-0.25, -0.2) is 4.98 Å². The van der Waals surface area contributed by atoms with E-state index in [2.05, 4.69) is 15.6 Å². The largest absolute Gasteiger partial charge is 0.382 e. The predicted molar refractivity (Wildman–Crippen MR) is 79.7 cm³/mol. The molecule has 0 amide bonds. The quantitative estimate of drug-likeness (QED) is 0.743. The first-order chi connectivity index (χ1) is 9.72. The van der Waals surface area contributed by atoms with Gasteiger partial charge < -0.3 is 19.8 Å². The summed E-state index contributed by atoms with van der Waals surface area (Å²) in [5, 5.41) is 0. The van der Waals surface area contributed by atoms with Crippen LogP contribution in [0, 0.1) is 0 Å². The lowest BCUT2D eigenvalue weighted by atomic mass is 10.1. The molecule has 0 aliphatic carbocycles. The van der Waals surface area contributed by atoms with Gasteiger partial charge in [-0.1, -0.05) is 12.1 Å². The summed E-state index contributed by atoms with van der Waals surface area (Å²) < 4.78 is 12.5. The van der Waals surface area contributed by atoms with Gasteiger partial charge in [-0.15, -0.1) is 0 Å². The van der Waals surface area contributed by atoms with Crippen molar-refractivity contribution in [3.05, 3.63) is 30.1 Å². The summed E-state index contributed by atoms with van der Waals surface area (Å²) in [7, 11) is 3.70. The van der Waals surface area contributed by atoms with Gasteiger partial charge >= 0.3 is 0 Å². The van der Waals surface area contributed by atoms with E-state index in [1.54, 1.807) is 7.11 Å². The topological polar surface area (TPSA) is 62.3 Å². The van der Waals surface area contributed by atoms with Crippen molar-refractivity contribution < 1.29 is 9.47 Å². The summed E-state index contributed by atoms with van der Waals surface area (Å²) >= 11 is 0. The van der Waals surface area contributed by atoms with Crippen LogP contribution >= 0.6 is 0 Å². The van der Waals surface area contributed by atoms with Gasteiger partial charge in [0.25, 0.3) is 0 Å². The minimum atomic E-state index is 0.0630. The zero-order valence-corrected chi connectivity index (χ0v) is 12.2. The number of ether oxygens (including phenoxy) is 2. The maximum atomic E-state index is 6.15. The lowest BCUT2D eigenvalue weighted by Crippen LogP contribution is -2.26. The van der Waals surface area contributed by atoms with E-state index in [0.29, 0.717) is 19.8 Å². The van der Waals surface area contributed by atoms with Crippen molar-refractivity contribution in [1.29, 1.82) is 0 Å². The van der Waals surface area contributed by atoms with Crippen molar-refractivity contribution in [2.45, 2.75) is 18.9 Å². The minimum Gasteiger partial charge on any atom is -0.382 e. The average molecular weight is 277 g/mol. The number of aryl methyl sites for hydroxylation is 1. The van der Waals surface area contributed by atoms with Crippen molar-refractivity contribution in [3.63, 3.8) is 0 Å². The number of hydrogen-bond acceptors (Lipinski definition) is 4. The first kappa shape index (κ1) is 15.0. The van der Waals surface area contributed by atoms with Crippen molar-refractivity contribution in [1.82, 2.24) is 9.55 Å². The average Bonchev–Trinajstić information content (AvgIpc) is 2.76. The number of nitrogens with two attached hydrogens (primary N) is 1. The molecule has 0 bridgehead atoms. The molecule has 0 spiro atoms. The summed E-state index contributed by atoms with van der Waals surface area (Å²) in [5.41, 5.74) is 8.31. The molecule has 1 heterocycles. The Bertz CT molecular complexity index is 539. The molecule has 2 N–H and O–H groups in total. The highest BCUT2D eigenvalue weighted by Crippen LogP contribution is 2.15. The number of methoxy groups -OCH3 is 1. The molecule has 2 aromatic rings. The minimum absolute atomic E-state index is 0.0630. The first-order valence-corrected chi connectivity index (χ1v) is 6.95. The Kier molecular flexibility index (Phi) is 5.52. The fourth-order valence-electron chi connectivity index (χ4n) is 2.19. The molecular formula is C15H23N3O2. The molecule has 5 nitrogen and oxygen atoms in total. The normalized spacial score (nSPS) is 12.9. The van der Waals surface area contributed by atoms with Crippen LogP contribution in [-0.4, -0.2) is 42.5 Å². The maximum Gasteiger partial charge on any atom is 0.111 e. The van der Waals surface area contributed by atoms with Gasteiger partial charge in [0.2, 0.25) is 0 Å². The third-order valence-electron chi connectivity index (χ3n) is 3.39. The van der Waals surface area contributed by atoms with Crippen LogP contribution in [0.2, 0.25) is 0 Å². The van der Waals surface area contributed by atoms with Crippen molar-refractivity contribution in [3.8, 4) is 0 Å². The van der Waals surface area contributed by atoms with Gasteiger partial charge in [0.05, 0.1) is 24.2 Å². The SMILES string of the molecule is COCCOCCC(N)Cc1nc2ccccc2n1C. The summed E-state index contributed by atoms with van der Waals surface area (Å²) in [4.78, 5) is 4.63. The van der Waals surface area contributed by atoms with E-state index in [0.717, 1.165) is 29.7 Å². The second-order valence-corrected chi connectivity index (χ2v) is 4.93. The molecule has 1 aromatic carbocycles. The molecule has 1 unspecified atom stereocenters. The maximum absolute atomic E-state index is 6.15. The van der Waals surface area contributed by atoms with E-state index in [1.807, 2.05) is 25.2 Å². The fraction of sp³-hybridized carbons (Fsp3) is 0.533. The van der Waals surface area contributed by atoms with Crippen LogP contribution in [0.5, 0.6) is 0 Å². The number of imidazole rings is 1. The fourth-order valence-corrected chi connectivity index (χ4v) is 2.19. The number of nitrogens with zero attached hydrogens (tertiary/aromatic N) is 2. The van der Waals surface area contributed by atoms with Gasteiger partial charge in [-0.05, 0) is 18.6 Å². The molecule has 5 heteroatoms. The Morgan fingerprint density at radius 2 is 2.05 bits per heavy atom. The number of hydrogen-bond donors (Lipinski definition) is 1. The van der Waals surface area contributed by atoms with Crippen LogP contribution in [0.1, 0.15) is 12.2 Å². The van der Waals surface area contributed by atoms with Gasteiger partial charge in [-0.2, -0.15) is 0 Å².